The van der Waals surface area contributed by atoms with Crippen LogP contribution in [-0.4, -0.2) is 44.8 Å². The Morgan fingerprint density at radius 1 is 1.57 bits per heavy atom. The number of carboxylic acid groups (broad SMARTS) is 1. The molecule has 2 rings (SSSR count). The summed E-state index contributed by atoms with van der Waals surface area (Å²) >= 11 is 2.75. The highest BCUT2D eigenvalue weighted by atomic mass is 32.2. The molecular formula is C13H17N3O3S2. The Morgan fingerprint density at radius 2 is 2.38 bits per heavy atom. The normalized spacial score (nSPS) is 12.5. The molecule has 1 unspecified atom stereocenters. The summed E-state index contributed by atoms with van der Waals surface area (Å²) in [5, 5.41) is 19.8. The van der Waals surface area contributed by atoms with Crippen molar-refractivity contribution < 1.29 is 14.6 Å². The van der Waals surface area contributed by atoms with E-state index in [0.717, 1.165) is 10.7 Å². The highest BCUT2D eigenvalue weighted by Crippen LogP contribution is 2.30. The van der Waals surface area contributed by atoms with Crippen LogP contribution in [0.2, 0.25) is 0 Å². The zero-order valence-corrected chi connectivity index (χ0v) is 13.5. The third-order valence-corrected chi connectivity index (χ3v) is 4.53. The van der Waals surface area contributed by atoms with Crippen LogP contribution in [0.3, 0.4) is 0 Å². The molecule has 0 radical (unpaired) electrons. The number of thiophene rings is 1. The highest BCUT2D eigenvalue weighted by molar-refractivity contribution is 7.99. The van der Waals surface area contributed by atoms with E-state index in [1.54, 1.807) is 11.3 Å². The van der Waals surface area contributed by atoms with E-state index in [2.05, 4.69) is 10.2 Å². The summed E-state index contributed by atoms with van der Waals surface area (Å²) in [5.74, 6) is -0.154. The average Bonchev–Trinajstić information content (AvgIpc) is 3.10. The molecule has 0 saturated heterocycles. The summed E-state index contributed by atoms with van der Waals surface area (Å²) in [6.45, 7) is 5.13. The van der Waals surface area contributed by atoms with Crippen LogP contribution in [0.25, 0.3) is 10.7 Å². The highest BCUT2D eigenvalue weighted by Gasteiger charge is 2.20. The van der Waals surface area contributed by atoms with E-state index in [-0.39, 0.29) is 11.8 Å². The molecule has 0 amide bonds. The van der Waals surface area contributed by atoms with Gasteiger partial charge in [-0.25, -0.2) is 0 Å². The van der Waals surface area contributed by atoms with Gasteiger partial charge in [0.15, 0.2) is 11.0 Å². The SMILES string of the molecule is CCOCC(C)n1c(SCC(=O)O)nnc1-c1cccs1. The van der Waals surface area contributed by atoms with Crippen molar-refractivity contribution in [3.05, 3.63) is 17.5 Å². The minimum atomic E-state index is -0.871. The monoisotopic (exact) mass is 327 g/mol. The van der Waals surface area contributed by atoms with Crippen LogP contribution in [0, 0.1) is 0 Å². The Balaban J connectivity index is 2.30. The van der Waals surface area contributed by atoms with Gasteiger partial charge < -0.3 is 9.84 Å². The minimum absolute atomic E-state index is 0.0355. The van der Waals surface area contributed by atoms with Crippen molar-refractivity contribution in [2.75, 3.05) is 19.0 Å². The number of ether oxygens (including phenoxy) is 1. The van der Waals surface area contributed by atoms with Crippen molar-refractivity contribution >= 4 is 29.1 Å². The van der Waals surface area contributed by atoms with Gasteiger partial charge in [0, 0.05) is 6.61 Å². The number of rotatable bonds is 8. The van der Waals surface area contributed by atoms with E-state index >= 15 is 0 Å². The molecule has 114 valence electrons. The number of thioether (sulfide) groups is 1. The molecule has 0 bridgehead atoms. The second kappa shape index (κ2) is 7.58. The molecule has 0 aliphatic heterocycles. The van der Waals surface area contributed by atoms with Gasteiger partial charge in [-0.2, -0.15) is 0 Å². The number of hydrogen-bond donors (Lipinski definition) is 1. The number of carboxylic acids is 1. The van der Waals surface area contributed by atoms with Gasteiger partial charge in [-0.1, -0.05) is 17.8 Å². The van der Waals surface area contributed by atoms with Crippen LogP contribution in [0.4, 0.5) is 0 Å². The third-order valence-electron chi connectivity index (χ3n) is 2.73. The summed E-state index contributed by atoms with van der Waals surface area (Å²) in [4.78, 5) is 11.8. The molecule has 2 aromatic rings. The molecule has 0 saturated carbocycles. The van der Waals surface area contributed by atoms with Crippen molar-refractivity contribution in [3.63, 3.8) is 0 Å². The first-order chi connectivity index (χ1) is 10.1. The third kappa shape index (κ3) is 4.05. The van der Waals surface area contributed by atoms with E-state index in [9.17, 15) is 4.79 Å². The van der Waals surface area contributed by atoms with Crippen molar-refractivity contribution in [1.29, 1.82) is 0 Å². The molecular weight excluding hydrogens is 310 g/mol. The van der Waals surface area contributed by atoms with Gasteiger partial charge in [0.1, 0.15) is 0 Å². The number of aromatic nitrogens is 3. The van der Waals surface area contributed by atoms with Crippen LogP contribution in [-0.2, 0) is 9.53 Å². The van der Waals surface area contributed by atoms with Gasteiger partial charge >= 0.3 is 5.97 Å². The van der Waals surface area contributed by atoms with E-state index in [1.165, 1.54) is 11.8 Å². The molecule has 0 aliphatic rings. The topological polar surface area (TPSA) is 77.2 Å². The van der Waals surface area contributed by atoms with Crippen LogP contribution < -0.4 is 0 Å². The molecule has 0 fully saturated rings. The van der Waals surface area contributed by atoms with E-state index in [4.69, 9.17) is 9.84 Å². The van der Waals surface area contributed by atoms with Gasteiger partial charge in [-0.05, 0) is 25.3 Å². The van der Waals surface area contributed by atoms with Crippen LogP contribution in [0.5, 0.6) is 0 Å². The summed E-state index contributed by atoms with van der Waals surface area (Å²) in [6.07, 6.45) is 0. The van der Waals surface area contributed by atoms with Crippen molar-refractivity contribution in [2.24, 2.45) is 0 Å². The molecule has 2 aromatic heterocycles. The molecule has 6 nitrogen and oxygen atoms in total. The summed E-state index contributed by atoms with van der Waals surface area (Å²) < 4.78 is 7.43. The molecule has 2 heterocycles. The van der Waals surface area contributed by atoms with Crippen molar-refractivity contribution in [2.45, 2.75) is 25.0 Å². The lowest BCUT2D eigenvalue weighted by atomic mass is 10.3. The number of carbonyl (C=O) groups is 1. The van der Waals surface area contributed by atoms with Gasteiger partial charge in [-0.15, -0.1) is 21.5 Å². The fourth-order valence-electron chi connectivity index (χ4n) is 1.84. The number of nitrogens with zero attached hydrogens (tertiary/aromatic N) is 3. The zero-order chi connectivity index (χ0) is 15.2. The lowest BCUT2D eigenvalue weighted by Crippen LogP contribution is -2.15. The minimum Gasteiger partial charge on any atom is -0.481 e. The Hall–Kier alpha value is -1.38. The first-order valence-corrected chi connectivity index (χ1v) is 8.41. The molecule has 21 heavy (non-hydrogen) atoms. The average molecular weight is 327 g/mol. The summed E-state index contributed by atoms with van der Waals surface area (Å²) in [6, 6.07) is 3.97. The second-order valence-electron chi connectivity index (χ2n) is 4.34. The fourth-order valence-corrected chi connectivity index (χ4v) is 3.30. The van der Waals surface area contributed by atoms with Crippen LogP contribution in [0.15, 0.2) is 22.7 Å². The Kier molecular flexibility index (Phi) is 5.77. The van der Waals surface area contributed by atoms with E-state index in [1.807, 2.05) is 35.9 Å². The molecule has 0 aliphatic carbocycles. The van der Waals surface area contributed by atoms with Crippen molar-refractivity contribution in [3.8, 4) is 10.7 Å². The van der Waals surface area contributed by atoms with Gasteiger partial charge in [0.2, 0.25) is 0 Å². The summed E-state index contributed by atoms with van der Waals surface area (Å²) in [7, 11) is 0. The lowest BCUT2D eigenvalue weighted by Gasteiger charge is -2.17. The van der Waals surface area contributed by atoms with E-state index in [0.29, 0.717) is 18.4 Å². The van der Waals surface area contributed by atoms with E-state index < -0.39 is 5.97 Å². The maximum Gasteiger partial charge on any atom is 0.313 e. The van der Waals surface area contributed by atoms with Gasteiger partial charge in [0.05, 0.1) is 23.3 Å². The smallest absolute Gasteiger partial charge is 0.313 e. The first-order valence-electron chi connectivity index (χ1n) is 6.54. The summed E-state index contributed by atoms with van der Waals surface area (Å²) in [5.41, 5.74) is 0. The Bertz CT molecular complexity index is 584. The number of aliphatic carboxylic acids is 1. The van der Waals surface area contributed by atoms with Crippen LogP contribution in [0.1, 0.15) is 19.9 Å². The standard InChI is InChI=1S/C13H17N3O3S2/c1-3-19-7-9(2)16-12(10-5-4-6-20-10)14-15-13(16)21-8-11(17)18/h4-6,9H,3,7-8H2,1-2H3,(H,17,18). The number of hydrogen-bond acceptors (Lipinski definition) is 6. The Labute approximate surface area is 131 Å². The van der Waals surface area contributed by atoms with Crippen molar-refractivity contribution in [1.82, 2.24) is 14.8 Å². The van der Waals surface area contributed by atoms with Gasteiger partial charge in [-0.3, -0.25) is 9.36 Å². The zero-order valence-electron chi connectivity index (χ0n) is 11.9. The predicted molar refractivity (Wildman–Crippen MR) is 82.9 cm³/mol. The molecule has 8 heteroatoms. The van der Waals surface area contributed by atoms with Crippen LogP contribution >= 0.6 is 23.1 Å². The maximum atomic E-state index is 10.8. The van der Waals surface area contributed by atoms with Gasteiger partial charge in [0.25, 0.3) is 0 Å². The molecule has 0 spiro atoms. The first kappa shape index (κ1) is 16.0. The maximum absolute atomic E-state index is 10.8. The second-order valence-corrected chi connectivity index (χ2v) is 6.23. The molecule has 1 N–H and O–H groups in total. The fraction of sp³-hybridized carbons (Fsp3) is 0.462. The predicted octanol–water partition coefficient (Wildman–Crippen LogP) is 2.78. The molecule has 1 atom stereocenters. The molecule has 0 aromatic carbocycles. The Morgan fingerprint density at radius 3 is 3.00 bits per heavy atom. The largest absolute Gasteiger partial charge is 0.481 e. The lowest BCUT2D eigenvalue weighted by molar-refractivity contribution is -0.133. The quantitative estimate of drug-likeness (QED) is 0.751.